The maximum atomic E-state index is 6.50. The van der Waals surface area contributed by atoms with Gasteiger partial charge in [-0.1, -0.05) is 42.3 Å². The molecule has 0 saturated heterocycles. The Morgan fingerprint density at radius 1 is 1.21 bits per heavy atom. The second-order valence-corrected chi connectivity index (χ2v) is 6.86. The highest BCUT2D eigenvalue weighted by Gasteiger charge is 2.41. The van der Waals surface area contributed by atoms with Gasteiger partial charge >= 0.3 is 0 Å². The quantitative estimate of drug-likeness (QED) is 0.659. The predicted octanol–water partition coefficient (Wildman–Crippen LogP) is 5.89. The van der Waals surface area contributed by atoms with E-state index >= 15 is 0 Å². The predicted molar refractivity (Wildman–Crippen MR) is 84.8 cm³/mol. The molecule has 0 radical (unpaired) electrons. The summed E-state index contributed by atoms with van der Waals surface area (Å²) in [6, 6.07) is 6.28. The summed E-state index contributed by atoms with van der Waals surface area (Å²) in [6.07, 6.45) is 9.30. The Balaban J connectivity index is 0.00000133. The standard InChI is InChI=1S/C16H21BrO.CH4/c1-12-14(17)7-2-8-15(12)18-16-9-3-5-13(11-16)6-4-10-16;/h2,7-8,13H,3-6,9-11H2,1H3;1H4. The molecule has 0 aromatic heterocycles. The molecule has 3 rings (SSSR count). The first-order valence-corrected chi connectivity index (χ1v) is 7.92. The molecule has 2 heteroatoms. The monoisotopic (exact) mass is 324 g/mol. The van der Waals surface area contributed by atoms with E-state index in [0.29, 0.717) is 0 Å². The molecule has 0 unspecified atom stereocenters. The van der Waals surface area contributed by atoms with E-state index in [2.05, 4.69) is 41.1 Å². The lowest BCUT2D eigenvalue weighted by Crippen LogP contribution is -2.44. The summed E-state index contributed by atoms with van der Waals surface area (Å²) in [5.74, 6) is 1.99. The number of halogens is 1. The van der Waals surface area contributed by atoms with Gasteiger partial charge in [0.1, 0.15) is 11.4 Å². The molecule has 1 aromatic carbocycles. The molecule has 0 atom stereocenters. The van der Waals surface area contributed by atoms with E-state index in [9.17, 15) is 0 Å². The Morgan fingerprint density at radius 2 is 1.89 bits per heavy atom. The zero-order valence-electron chi connectivity index (χ0n) is 11.0. The molecule has 2 saturated carbocycles. The first-order chi connectivity index (χ1) is 8.69. The molecule has 0 N–H and O–H groups in total. The molecule has 0 spiro atoms. The molecule has 106 valence electrons. The maximum absolute atomic E-state index is 6.50. The van der Waals surface area contributed by atoms with E-state index in [1.165, 1.54) is 50.5 Å². The normalized spacial score (nSPS) is 29.5. The van der Waals surface area contributed by atoms with Crippen molar-refractivity contribution in [3.8, 4) is 5.75 Å². The molecular formula is C17H25BrO. The minimum Gasteiger partial charge on any atom is -0.487 e. The largest absolute Gasteiger partial charge is 0.487 e. The van der Waals surface area contributed by atoms with Crippen molar-refractivity contribution in [2.24, 2.45) is 5.92 Å². The molecular weight excluding hydrogens is 300 g/mol. The van der Waals surface area contributed by atoms with Crippen LogP contribution < -0.4 is 4.74 Å². The molecule has 2 bridgehead atoms. The third-order valence-corrected chi connectivity index (χ3v) is 5.55. The van der Waals surface area contributed by atoms with Crippen LogP contribution in [0.2, 0.25) is 0 Å². The van der Waals surface area contributed by atoms with Crippen molar-refractivity contribution in [1.29, 1.82) is 0 Å². The van der Waals surface area contributed by atoms with Gasteiger partial charge in [-0.2, -0.15) is 0 Å². The average molecular weight is 325 g/mol. The van der Waals surface area contributed by atoms with E-state index in [-0.39, 0.29) is 13.0 Å². The Hall–Kier alpha value is -0.500. The molecule has 0 aliphatic heterocycles. The van der Waals surface area contributed by atoms with Gasteiger partial charge in [0.15, 0.2) is 0 Å². The van der Waals surface area contributed by atoms with Crippen molar-refractivity contribution in [3.63, 3.8) is 0 Å². The third-order valence-electron chi connectivity index (χ3n) is 4.69. The van der Waals surface area contributed by atoms with Crippen molar-refractivity contribution in [1.82, 2.24) is 0 Å². The van der Waals surface area contributed by atoms with Crippen molar-refractivity contribution < 1.29 is 4.74 Å². The van der Waals surface area contributed by atoms with Gasteiger partial charge in [0, 0.05) is 10.0 Å². The van der Waals surface area contributed by atoms with Crippen LogP contribution in [0.15, 0.2) is 22.7 Å². The van der Waals surface area contributed by atoms with E-state index in [1.807, 2.05) is 0 Å². The van der Waals surface area contributed by atoms with E-state index in [0.717, 1.165) is 16.1 Å². The van der Waals surface area contributed by atoms with Crippen LogP contribution in [0, 0.1) is 12.8 Å². The zero-order valence-corrected chi connectivity index (χ0v) is 12.6. The van der Waals surface area contributed by atoms with Gasteiger partial charge in [-0.3, -0.25) is 0 Å². The molecule has 19 heavy (non-hydrogen) atoms. The molecule has 2 aliphatic rings. The van der Waals surface area contributed by atoms with Crippen LogP contribution in [0.5, 0.6) is 5.75 Å². The fourth-order valence-corrected chi connectivity index (χ4v) is 4.05. The van der Waals surface area contributed by atoms with Crippen molar-refractivity contribution in [2.45, 2.75) is 64.9 Å². The van der Waals surface area contributed by atoms with Crippen LogP contribution >= 0.6 is 15.9 Å². The number of rotatable bonds is 2. The highest BCUT2D eigenvalue weighted by atomic mass is 79.9. The van der Waals surface area contributed by atoms with Gasteiger partial charge in [0.05, 0.1) is 0 Å². The first-order valence-electron chi connectivity index (χ1n) is 7.13. The number of benzene rings is 1. The lowest BCUT2D eigenvalue weighted by Gasteiger charge is -2.45. The average Bonchev–Trinajstić information content (AvgIpc) is 2.35. The summed E-state index contributed by atoms with van der Waals surface area (Å²) in [7, 11) is 0. The van der Waals surface area contributed by atoms with Gasteiger partial charge in [-0.15, -0.1) is 0 Å². The van der Waals surface area contributed by atoms with Crippen LogP contribution in [0.1, 0.15) is 57.9 Å². The molecule has 0 amide bonds. The summed E-state index contributed by atoms with van der Waals surface area (Å²) in [5.41, 5.74) is 1.38. The van der Waals surface area contributed by atoms with Crippen molar-refractivity contribution in [2.75, 3.05) is 0 Å². The van der Waals surface area contributed by atoms with Crippen LogP contribution in [0.4, 0.5) is 0 Å². The highest BCUT2D eigenvalue weighted by molar-refractivity contribution is 9.10. The Labute approximate surface area is 125 Å². The Kier molecular flexibility index (Phi) is 4.60. The maximum Gasteiger partial charge on any atom is 0.124 e. The zero-order chi connectivity index (χ0) is 12.6. The Bertz CT molecular complexity index is 431. The second kappa shape index (κ2) is 5.87. The molecule has 1 aromatic rings. The Morgan fingerprint density at radius 3 is 2.58 bits per heavy atom. The topological polar surface area (TPSA) is 9.23 Å². The second-order valence-electron chi connectivity index (χ2n) is 6.00. The van der Waals surface area contributed by atoms with Gasteiger partial charge in [-0.25, -0.2) is 0 Å². The summed E-state index contributed by atoms with van der Waals surface area (Å²) in [5, 5.41) is 0. The molecule has 2 fully saturated rings. The summed E-state index contributed by atoms with van der Waals surface area (Å²) in [4.78, 5) is 0. The molecule has 0 heterocycles. The van der Waals surface area contributed by atoms with E-state index in [4.69, 9.17) is 4.74 Å². The fourth-order valence-electron chi connectivity index (χ4n) is 3.70. The fraction of sp³-hybridized carbons (Fsp3) is 0.647. The lowest BCUT2D eigenvalue weighted by atomic mass is 9.69. The summed E-state index contributed by atoms with van der Waals surface area (Å²) >= 11 is 3.60. The third kappa shape index (κ3) is 2.99. The molecule has 1 nitrogen and oxygen atoms in total. The van der Waals surface area contributed by atoms with Gasteiger partial charge < -0.3 is 4.74 Å². The van der Waals surface area contributed by atoms with E-state index in [1.54, 1.807) is 0 Å². The minimum atomic E-state index is 0. The first kappa shape index (κ1) is 14.9. The molecule has 2 aliphatic carbocycles. The van der Waals surface area contributed by atoms with Crippen molar-refractivity contribution in [3.05, 3.63) is 28.2 Å². The van der Waals surface area contributed by atoms with Crippen LogP contribution in [0.3, 0.4) is 0 Å². The van der Waals surface area contributed by atoms with Gasteiger partial charge in [-0.05, 0) is 57.1 Å². The van der Waals surface area contributed by atoms with Crippen molar-refractivity contribution >= 4 is 15.9 Å². The van der Waals surface area contributed by atoms with Gasteiger partial charge in [0.25, 0.3) is 0 Å². The smallest absolute Gasteiger partial charge is 0.124 e. The van der Waals surface area contributed by atoms with Crippen LogP contribution in [-0.4, -0.2) is 5.60 Å². The van der Waals surface area contributed by atoms with Gasteiger partial charge in [0.2, 0.25) is 0 Å². The minimum absolute atomic E-state index is 0. The lowest BCUT2D eigenvalue weighted by molar-refractivity contribution is -0.0251. The number of hydrogen-bond donors (Lipinski definition) is 0. The summed E-state index contributed by atoms with van der Waals surface area (Å²) in [6.45, 7) is 2.14. The number of fused-ring (bicyclic) bond motifs is 2. The van der Waals surface area contributed by atoms with Crippen LogP contribution in [0.25, 0.3) is 0 Å². The summed E-state index contributed by atoms with van der Waals surface area (Å²) < 4.78 is 7.65. The number of ether oxygens (including phenoxy) is 1. The number of hydrogen-bond acceptors (Lipinski definition) is 1. The van der Waals surface area contributed by atoms with E-state index < -0.39 is 0 Å². The SMILES string of the molecule is C.Cc1c(Br)cccc1OC12CCCC(CCC1)C2. The highest BCUT2D eigenvalue weighted by Crippen LogP contribution is 2.46. The van der Waals surface area contributed by atoms with Crippen LogP contribution in [-0.2, 0) is 0 Å².